The fraction of sp³-hybridized carbons (Fsp3) is 0.368. The number of ether oxygens (including phenoxy) is 2. The van der Waals surface area contributed by atoms with Crippen LogP contribution in [0.15, 0.2) is 30.3 Å². The molecule has 1 atom stereocenters. The van der Waals surface area contributed by atoms with Crippen molar-refractivity contribution >= 4 is 28.2 Å². The first-order chi connectivity index (χ1) is 12.1. The van der Waals surface area contributed by atoms with Crippen molar-refractivity contribution in [2.75, 3.05) is 18.5 Å². The summed E-state index contributed by atoms with van der Waals surface area (Å²) in [5, 5.41) is 3.50. The fourth-order valence-corrected chi connectivity index (χ4v) is 3.87. The number of nitrogens with one attached hydrogen (secondary N) is 1. The van der Waals surface area contributed by atoms with Gasteiger partial charge in [-0.1, -0.05) is 25.1 Å². The van der Waals surface area contributed by atoms with Crippen LogP contribution in [0.1, 0.15) is 47.0 Å². The van der Waals surface area contributed by atoms with Crippen molar-refractivity contribution in [3.63, 3.8) is 0 Å². The molecule has 0 radical (unpaired) electrons. The van der Waals surface area contributed by atoms with Gasteiger partial charge in [-0.3, -0.25) is 4.79 Å². The van der Waals surface area contributed by atoms with Gasteiger partial charge in [0.15, 0.2) is 0 Å². The van der Waals surface area contributed by atoms with Crippen molar-refractivity contribution in [3.05, 3.63) is 46.3 Å². The highest BCUT2D eigenvalue weighted by molar-refractivity contribution is 7.16. The fourth-order valence-electron chi connectivity index (χ4n) is 2.88. The molecule has 2 aromatic rings. The minimum Gasteiger partial charge on any atom is -0.493 e. The van der Waals surface area contributed by atoms with Crippen LogP contribution in [-0.4, -0.2) is 25.1 Å². The van der Waals surface area contributed by atoms with Crippen molar-refractivity contribution in [3.8, 4) is 5.75 Å². The van der Waals surface area contributed by atoms with E-state index in [9.17, 15) is 9.59 Å². The number of fused-ring (bicyclic) bond motifs is 1. The van der Waals surface area contributed by atoms with Gasteiger partial charge in [0.2, 0.25) is 5.91 Å². The van der Waals surface area contributed by atoms with Gasteiger partial charge in [0.1, 0.15) is 10.8 Å². The van der Waals surface area contributed by atoms with E-state index in [0.29, 0.717) is 30.2 Å². The zero-order valence-electron chi connectivity index (χ0n) is 14.3. The molecule has 1 amide bonds. The second-order valence-electron chi connectivity index (χ2n) is 5.75. The Bertz CT molecular complexity index is 783. The quantitative estimate of drug-likeness (QED) is 0.820. The van der Waals surface area contributed by atoms with Crippen LogP contribution in [-0.2, 0) is 16.0 Å². The van der Waals surface area contributed by atoms with Gasteiger partial charge in [-0.25, -0.2) is 4.79 Å². The maximum Gasteiger partial charge on any atom is 0.341 e. The van der Waals surface area contributed by atoms with E-state index in [-0.39, 0.29) is 11.8 Å². The van der Waals surface area contributed by atoms with Gasteiger partial charge >= 0.3 is 5.97 Å². The first-order valence-corrected chi connectivity index (χ1v) is 9.28. The predicted octanol–water partition coefficient (Wildman–Crippen LogP) is 3.99. The minimum atomic E-state index is -0.402. The van der Waals surface area contributed by atoms with Crippen molar-refractivity contribution in [1.29, 1.82) is 0 Å². The van der Waals surface area contributed by atoms with Gasteiger partial charge in [-0.15, -0.1) is 11.3 Å². The van der Waals surface area contributed by atoms with Crippen LogP contribution >= 0.6 is 11.3 Å². The lowest BCUT2D eigenvalue weighted by atomic mass is 9.92. The Morgan fingerprint density at radius 2 is 2.12 bits per heavy atom. The number of rotatable bonds is 5. The largest absolute Gasteiger partial charge is 0.493 e. The summed E-state index contributed by atoms with van der Waals surface area (Å²) in [5.41, 5.74) is 1.31. The Labute approximate surface area is 151 Å². The number of thiophene rings is 1. The van der Waals surface area contributed by atoms with Crippen molar-refractivity contribution in [2.24, 2.45) is 0 Å². The second-order valence-corrected chi connectivity index (χ2v) is 6.88. The molecule has 0 fully saturated rings. The highest BCUT2D eigenvalue weighted by atomic mass is 32.1. The summed E-state index contributed by atoms with van der Waals surface area (Å²) in [6.45, 7) is 4.59. The number of hydrogen-bond donors (Lipinski definition) is 1. The maximum atomic E-state index is 12.8. The minimum absolute atomic E-state index is 0.120. The number of esters is 1. The van der Waals surface area contributed by atoms with E-state index in [1.165, 1.54) is 11.3 Å². The Balaban J connectivity index is 1.84. The molecule has 1 aromatic carbocycles. The average Bonchev–Trinajstić information content (AvgIpc) is 3.04. The molecule has 25 heavy (non-hydrogen) atoms. The lowest BCUT2D eigenvalue weighted by molar-refractivity contribution is -0.118. The van der Waals surface area contributed by atoms with Crippen molar-refractivity contribution < 1.29 is 19.1 Å². The van der Waals surface area contributed by atoms with Crippen LogP contribution < -0.4 is 10.1 Å². The summed E-state index contributed by atoms with van der Waals surface area (Å²) in [5.74, 6) is -0.0564. The molecule has 0 spiro atoms. The summed E-state index contributed by atoms with van der Waals surface area (Å²) in [6.07, 6.45) is 1.41. The standard InChI is InChI=1S/C19H21NO4S/c1-3-12-11-15(19(22)23-4-2)18(25-12)20-17(21)14-9-10-24-16-8-6-5-7-13(14)16/h5-8,11,14H,3-4,9-10H2,1-2H3,(H,20,21). The molecule has 0 aliphatic carbocycles. The molecule has 0 saturated carbocycles. The van der Waals surface area contributed by atoms with E-state index in [1.54, 1.807) is 13.0 Å². The molecular formula is C19H21NO4S. The highest BCUT2D eigenvalue weighted by Crippen LogP contribution is 2.36. The summed E-state index contributed by atoms with van der Waals surface area (Å²) in [4.78, 5) is 26.0. The monoisotopic (exact) mass is 359 g/mol. The van der Waals surface area contributed by atoms with E-state index < -0.39 is 5.97 Å². The number of anilines is 1. The number of para-hydroxylation sites is 1. The van der Waals surface area contributed by atoms with Gasteiger partial charge in [-0.2, -0.15) is 0 Å². The van der Waals surface area contributed by atoms with Crippen molar-refractivity contribution in [2.45, 2.75) is 32.6 Å². The van der Waals surface area contributed by atoms with E-state index >= 15 is 0 Å². The normalized spacial score (nSPS) is 15.8. The van der Waals surface area contributed by atoms with Gasteiger partial charge in [-0.05, 0) is 31.9 Å². The van der Waals surface area contributed by atoms with Crippen molar-refractivity contribution in [1.82, 2.24) is 0 Å². The zero-order chi connectivity index (χ0) is 17.8. The van der Waals surface area contributed by atoms with Crippen LogP contribution in [0, 0.1) is 0 Å². The van der Waals surface area contributed by atoms with E-state index in [1.807, 2.05) is 31.2 Å². The number of benzene rings is 1. The maximum absolute atomic E-state index is 12.8. The molecular weight excluding hydrogens is 338 g/mol. The second kappa shape index (κ2) is 7.70. The molecule has 1 aliphatic heterocycles. The Kier molecular flexibility index (Phi) is 5.38. The molecule has 0 bridgehead atoms. The average molecular weight is 359 g/mol. The third-order valence-electron chi connectivity index (χ3n) is 4.14. The summed E-state index contributed by atoms with van der Waals surface area (Å²) >= 11 is 1.42. The first-order valence-electron chi connectivity index (χ1n) is 8.46. The van der Waals surface area contributed by atoms with E-state index in [4.69, 9.17) is 9.47 Å². The number of carbonyl (C=O) groups excluding carboxylic acids is 2. The molecule has 1 aromatic heterocycles. The summed E-state index contributed by atoms with van der Waals surface area (Å²) in [7, 11) is 0. The number of carbonyl (C=O) groups is 2. The van der Waals surface area contributed by atoms with E-state index in [0.717, 1.165) is 22.6 Å². The van der Waals surface area contributed by atoms with Gasteiger partial charge < -0.3 is 14.8 Å². The zero-order valence-corrected chi connectivity index (χ0v) is 15.2. The Morgan fingerprint density at radius 1 is 1.32 bits per heavy atom. The highest BCUT2D eigenvalue weighted by Gasteiger charge is 2.29. The van der Waals surface area contributed by atoms with Gasteiger partial charge in [0, 0.05) is 10.4 Å². The van der Waals surface area contributed by atoms with Crippen LogP contribution in [0.4, 0.5) is 5.00 Å². The summed E-state index contributed by atoms with van der Waals surface area (Å²) < 4.78 is 10.7. The Morgan fingerprint density at radius 3 is 2.88 bits per heavy atom. The molecule has 1 unspecified atom stereocenters. The smallest absolute Gasteiger partial charge is 0.341 e. The third-order valence-corrected chi connectivity index (χ3v) is 5.33. The SMILES string of the molecule is CCOC(=O)c1cc(CC)sc1NC(=O)C1CCOc2ccccc21. The van der Waals surface area contributed by atoms with Crippen LogP contribution in [0.2, 0.25) is 0 Å². The van der Waals surface area contributed by atoms with E-state index in [2.05, 4.69) is 5.32 Å². The number of hydrogen-bond acceptors (Lipinski definition) is 5. The van der Waals surface area contributed by atoms with Crippen LogP contribution in [0.25, 0.3) is 0 Å². The van der Waals surface area contributed by atoms with Crippen LogP contribution in [0.5, 0.6) is 5.75 Å². The lowest BCUT2D eigenvalue weighted by Crippen LogP contribution is -2.26. The first kappa shape index (κ1) is 17.5. The lowest BCUT2D eigenvalue weighted by Gasteiger charge is -2.24. The van der Waals surface area contributed by atoms with Gasteiger partial charge in [0.25, 0.3) is 0 Å². The third kappa shape index (κ3) is 3.69. The Hall–Kier alpha value is -2.34. The molecule has 5 nitrogen and oxygen atoms in total. The topological polar surface area (TPSA) is 64.6 Å². The molecule has 3 rings (SSSR count). The molecule has 0 saturated heterocycles. The molecule has 2 heterocycles. The van der Waals surface area contributed by atoms with Crippen LogP contribution in [0.3, 0.4) is 0 Å². The molecule has 6 heteroatoms. The van der Waals surface area contributed by atoms with Gasteiger partial charge in [0.05, 0.1) is 24.7 Å². The number of aryl methyl sites for hydroxylation is 1. The number of amides is 1. The molecule has 1 aliphatic rings. The predicted molar refractivity (Wildman–Crippen MR) is 97.6 cm³/mol. The summed E-state index contributed by atoms with van der Waals surface area (Å²) in [6, 6.07) is 9.38. The molecule has 132 valence electrons. The molecule has 1 N–H and O–H groups in total.